The molecular formula is C12H16BrNO. The highest BCUT2D eigenvalue weighted by atomic mass is 79.9. The van der Waals surface area contributed by atoms with E-state index in [1.165, 1.54) is 12.8 Å². The molecule has 1 atom stereocenters. The number of rotatable bonds is 4. The predicted molar refractivity (Wildman–Crippen MR) is 65.5 cm³/mol. The van der Waals surface area contributed by atoms with Crippen LogP contribution in [0.15, 0.2) is 22.7 Å². The molecule has 0 bridgehead atoms. The summed E-state index contributed by atoms with van der Waals surface area (Å²) in [5, 5.41) is 10.0. The summed E-state index contributed by atoms with van der Waals surface area (Å²) >= 11 is 3.39. The van der Waals surface area contributed by atoms with Gasteiger partial charge in [-0.15, -0.1) is 0 Å². The lowest BCUT2D eigenvalue weighted by Crippen LogP contribution is -2.02. The standard InChI is InChI=1S/C12H16BrNO/c13-9-4-5-11(14)10(7-9)12(15)6-3-8-1-2-8/h4-5,7-8,12,15H,1-3,6,14H2. The van der Waals surface area contributed by atoms with Crippen molar-refractivity contribution in [1.82, 2.24) is 0 Å². The van der Waals surface area contributed by atoms with Gasteiger partial charge >= 0.3 is 0 Å². The number of aliphatic hydroxyl groups excluding tert-OH is 1. The third-order valence-corrected chi connectivity index (χ3v) is 3.45. The predicted octanol–water partition coefficient (Wildman–Crippen LogP) is 3.25. The second kappa shape index (κ2) is 4.54. The van der Waals surface area contributed by atoms with E-state index < -0.39 is 6.10 Å². The van der Waals surface area contributed by atoms with Crippen LogP contribution in [0.4, 0.5) is 5.69 Å². The van der Waals surface area contributed by atoms with Crippen LogP contribution in [0.1, 0.15) is 37.4 Å². The molecule has 0 aliphatic heterocycles. The highest BCUT2D eigenvalue weighted by molar-refractivity contribution is 9.10. The zero-order valence-corrected chi connectivity index (χ0v) is 10.2. The van der Waals surface area contributed by atoms with E-state index >= 15 is 0 Å². The average Bonchev–Trinajstić information content (AvgIpc) is 3.02. The largest absolute Gasteiger partial charge is 0.398 e. The minimum Gasteiger partial charge on any atom is -0.398 e. The number of hydrogen-bond acceptors (Lipinski definition) is 2. The van der Waals surface area contributed by atoms with Gasteiger partial charge in [0.05, 0.1) is 6.10 Å². The molecule has 2 nitrogen and oxygen atoms in total. The number of halogens is 1. The monoisotopic (exact) mass is 269 g/mol. The molecule has 1 unspecified atom stereocenters. The zero-order chi connectivity index (χ0) is 10.8. The second-order valence-electron chi connectivity index (χ2n) is 4.31. The van der Waals surface area contributed by atoms with Crippen LogP contribution < -0.4 is 5.73 Å². The summed E-state index contributed by atoms with van der Waals surface area (Å²) in [6.07, 6.45) is 4.20. The van der Waals surface area contributed by atoms with E-state index in [0.29, 0.717) is 5.69 Å². The molecule has 15 heavy (non-hydrogen) atoms. The summed E-state index contributed by atoms with van der Waals surface area (Å²) in [5.74, 6) is 0.855. The van der Waals surface area contributed by atoms with Crippen LogP contribution in [0.3, 0.4) is 0 Å². The van der Waals surface area contributed by atoms with Crippen LogP contribution in [0, 0.1) is 5.92 Å². The van der Waals surface area contributed by atoms with Gasteiger partial charge in [-0.2, -0.15) is 0 Å². The molecule has 1 aromatic carbocycles. The first kappa shape index (κ1) is 11.0. The van der Waals surface area contributed by atoms with Crippen LogP contribution >= 0.6 is 15.9 Å². The fraction of sp³-hybridized carbons (Fsp3) is 0.500. The van der Waals surface area contributed by atoms with Crippen LogP contribution in [0.25, 0.3) is 0 Å². The third kappa shape index (κ3) is 2.95. The Hall–Kier alpha value is -0.540. The summed E-state index contributed by atoms with van der Waals surface area (Å²) in [5.41, 5.74) is 7.37. The minimum absolute atomic E-state index is 0.414. The highest BCUT2D eigenvalue weighted by Crippen LogP contribution is 2.37. The number of hydrogen-bond donors (Lipinski definition) is 2. The fourth-order valence-electron chi connectivity index (χ4n) is 1.79. The van der Waals surface area contributed by atoms with Gasteiger partial charge in [0.1, 0.15) is 0 Å². The molecule has 1 aromatic rings. The molecule has 0 aromatic heterocycles. The van der Waals surface area contributed by atoms with Gasteiger partial charge in [0.25, 0.3) is 0 Å². The van der Waals surface area contributed by atoms with E-state index in [0.717, 1.165) is 28.8 Å². The van der Waals surface area contributed by atoms with Crippen molar-refractivity contribution in [2.24, 2.45) is 5.92 Å². The van der Waals surface area contributed by atoms with E-state index in [1.807, 2.05) is 18.2 Å². The maximum absolute atomic E-state index is 10.0. The normalized spacial score (nSPS) is 17.7. The number of aliphatic hydroxyl groups is 1. The third-order valence-electron chi connectivity index (χ3n) is 2.95. The number of anilines is 1. The Labute approximate surface area is 98.6 Å². The molecule has 3 heteroatoms. The molecule has 0 saturated heterocycles. The Kier molecular flexibility index (Phi) is 3.32. The molecule has 3 N–H and O–H groups in total. The van der Waals surface area contributed by atoms with Gasteiger partial charge in [0.2, 0.25) is 0 Å². The molecule has 82 valence electrons. The van der Waals surface area contributed by atoms with Crippen molar-refractivity contribution in [3.8, 4) is 0 Å². The van der Waals surface area contributed by atoms with Gasteiger partial charge in [0, 0.05) is 15.7 Å². The molecule has 1 fully saturated rings. The Morgan fingerprint density at radius 3 is 2.87 bits per heavy atom. The summed E-state index contributed by atoms with van der Waals surface area (Å²) in [6.45, 7) is 0. The van der Waals surface area contributed by atoms with Crippen molar-refractivity contribution in [2.45, 2.75) is 31.8 Å². The van der Waals surface area contributed by atoms with Crippen molar-refractivity contribution < 1.29 is 5.11 Å². The van der Waals surface area contributed by atoms with Gasteiger partial charge < -0.3 is 10.8 Å². The number of benzene rings is 1. The first-order valence-electron chi connectivity index (χ1n) is 5.40. The lowest BCUT2D eigenvalue weighted by molar-refractivity contribution is 0.163. The second-order valence-corrected chi connectivity index (χ2v) is 5.23. The van der Waals surface area contributed by atoms with E-state index in [1.54, 1.807) is 0 Å². The summed E-state index contributed by atoms with van der Waals surface area (Å²) < 4.78 is 0.970. The fourth-order valence-corrected chi connectivity index (χ4v) is 2.17. The van der Waals surface area contributed by atoms with Gasteiger partial charge in [-0.05, 0) is 37.0 Å². The topological polar surface area (TPSA) is 46.2 Å². The van der Waals surface area contributed by atoms with Crippen LogP contribution in [0.5, 0.6) is 0 Å². The van der Waals surface area contributed by atoms with E-state index in [-0.39, 0.29) is 0 Å². The smallest absolute Gasteiger partial charge is 0.0810 e. The van der Waals surface area contributed by atoms with Gasteiger partial charge in [-0.1, -0.05) is 28.8 Å². The molecule has 2 rings (SSSR count). The zero-order valence-electron chi connectivity index (χ0n) is 8.62. The summed E-state index contributed by atoms with van der Waals surface area (Å²) in [7, 11) is 0. The molecule has 0 amide bonds. The van der Waals surface area contributed by atoms with E-state index in [4.69, 9.17) is 5.73 Å². The maximum Gasteiger partial charge on any atom is 0.0810 e. The molecule has 0 radical (unpaired) electrons. The molecule has 1 aliphatic rings. The molecular weight excluding hydrogens is 254 g/mol. The lowest BCUT2D eigenvalue weighted by Gasteiger charge is -2.13. The maximum atomic E-state index is 10.0. The lowest BCUT2D eigenvalue weighted by atomic mass is 10.0. The molecule has 1 saturated carbocycles. The van der Waals surface area contributed by atoms with Gasteiger partial charge in [-0.25, -0.2) is 0 Å². The number of nitrogens with two attached hydrogens (primary N) is 1. The Morgan fingerprint density at radius 2 is 2.20 bits per heavy atom. The first-order chi connectivity index (χ1) is 7.16. The van der Waals surface area contributed by atoms with Crippen LogP contribution in [-0.4, -0.2) is 5.11 Å². The van der Waals surface area contributed by atoms with Crippen molar-refractivity contribution >= 4 is 21.6 Å². The van der Waals surface area contributed by atoms with Gasteiger partial charge in [-0.3, -0.25) is 0 Å². The number of nitrogen functional groups attached to an aromatic ring is 1. The Morgan fingerprint density at radius 1 is 1.47 bits per heavy atom. The molecule has 1 aliphatic carbocycles. The van der Waals surface area contributed by atoms with Crippen molar-refractivity contribution in [2.75, 3.05) is 5.73 Å². The molecule has 0 heterocycles. The first-order valence-corrected chi connectivity index (χ1v) is 6.19. The molecule has 0 spiro atoms. The Bertz CT molecular complexity index is 349. The van der Waals surface area contributed by atoms with Crippen LogP contribution in [-0.2, 0) is 0 Å². The van der Waals surface area contributed by atoms with E-state index in [9.17, 15) is 5.11 Å². The average molecular weight is 270 g/mol. The van der Waals surface area contributed by atoms with Crippen molar-refractivity contribution in [3.63, 3.8) is 0 Å². The van der Waals surface area contributed by atoms with E-state index in [2.05, 4.69) is 15.9 Å². The summed E-state index contributed by atoms with van der Waals surface area (Å²) in [4.78, 5) is 0. The van der Waals surface area contributed by atoms with Gasteiger partial charge in [0.15, 0.2) is 0 Å². The van der Waals surface area contributed by atoms with Crippen LogP contribution in [0.2, 0.25) is 0 Å². The minimum atomic E-state index is -0.414. The quantitative estimate of drug-likeness (QED) is 0.825. The summed E-state index contributed by atoms with van der Waals surface area (Å²) in [6, 6.07) is 5.64. The Balaban J connectivity index is 2.02. The van der Waals surface area contributed by atoms with Crippen molar-refractivity contribution in [3.05, 3.63) is 28.2 Å². The van der Waals surface area contributed by atoms with Crippen molar-refractivity contribution in [1.29, 1.82) is 0 Å². The SMILES string of the molecule is Nc1ccc(Br)cc1C(O)CCC1CC1. The highest BCUT2D eigenvalue weighted by Gasteiger charge is 2.22.